The molecule has 0 aliphatic heterocycles. The van der Waals surface area contributed by atoms with Crippen LogP contribution < -0.4 is 0 Å². The Balaban J connectivity index is 1.77. The molecule has 0 atom stereocenters. The lowest BCUT2D eigenvalue weighted by atomic mass is 9.86. The lowest BCUT2D eigenvalue weighted by Gasteiger charge is -2.26. The molecule has 3 rings (SSSR count). The summed E-state index contributed by atoms with van der Waals surface area (Å²) in [6.07, 6.45) is 0.170. The molecular weight excluding hydrogens is 340 g/mol. The van der Waals surface area contributed by atoms with Crippen molar-refractivity contribution in [2.45, 2.75) is 12.0 Å². The van der Waals surface area contributed by atoms with Crippen LogP contribution in [0.25, 0.3) is 0 Å². The first-order valence-electron chi connectivity index (χ1n) is 8.67. The van der Waals surface area contributed by atoms with Gasteiger partial charge in [-0.05, 0) is 16.7 Å². The van der Waals surface area contributed by atoms with E-state index >= 15 is 0 Å². The third-order valence-electron chi connectivity index (χ3n) is 4.29. The van der Waals surface area contributed by atoms with Crippen molar-refractivity contribution in [2.75, 3.05) is 6.61 Å². The number of ether oxygens (including phenoxy) is 1. The zero-order chi connectivity index (χ0) is 19.1. The van der Waals surface area contributed by atoms with Gasteiger partial charge in [0.1, 0.15) is 6.61 Å². The average Bonchev–Trinajstić information content (AvgIpc) is 2.73. The number of esters is 1. The zero-order valence-electron chi connectivity index (χ0n) is 14.7. The molecule has 0 spiro atoms. The Bertz CT molecular complexity index is 850. The van der Waals surface area contributed by atoms with Crippen molar-refractivity contribution in [3.63, 3.8) is 0 Å². The molecule has 0 saturated heterocycles. The first-order chi connectivity index (χ1) is 13.1. The van der Waals surface area contributed by atoms with E-state index < -0.39 is 18.2 Å². The van der Waals surface area contributed by atoms with Gasteiger partial charge in [0.15, 0.2) is 5.78 Å². The third-order valence-corrected chi connectivity index (χ3v) is 4.29. The van der Waals surface area contributed by atoms with Crippen LogP contribution in [0.5, 0.6) is 0 Å². The summed E-state index contributed by atoms with van der Waals surface area (Å²) in [7, 11) is 0. The van der Waals surface area contributed by atoms with Gasteiger partial charge in [0.05, 0.1) is 0 Å². The summed E-state index contributed by atoms with van der Waals surface area (Å²) in [6.45, 7) is -0.393. The molecule has 4 heteroatoms. The average molecular weight is 360 g/mol. The van der Waals surface area contributed by atoms with Crippen LogP contribution in [0.3, 0.4) is 0 Å². The molecule has 3 aromatic rings. The molecule has 0 radical (unpaired) electrons. The van der Waals surface area contributed by atoms with Crippen LogP contribution >= 0.6 is 0 Å². The Hall–Kier alpha value is -3.24. The summed E-state index contributed by atoms with van der Waals surface area (Å²) < 4.78 is 5.21. The highest BCUT2D eigenvalue weighted by atomic mass is 16.6. The number of rotatable bonds is 7. The summed E-state index contributed by atoms with van der Waals surface area (Å²) in [5.41, 5.74) is -0.358. The number of ketones is 1. The van der Waals surface area contributed by atoms with E-state index in [1.165, 1.54) is 0 Å². The predicted molar refractivity (Wildman–Crippen MR) is 102 cm³/mol. The second-order valence-corrected chi connectivity index (χ2v) is 6.22. The van der Waals surface area contributed by atoms with Crippen LogP contribution in [0.2, 0.25) is 0 Å². The van der Waals surface area contributed by atoms with Gasteiger partial charge in [-0.15, -0.1) is 0 Å². The van der Waals surface area contributed by atoms with Crippen molar-refractivity contribution in [3.05, 3.63) is 108 Å². The van der Waals surface area contributed by atoms with Gasteiger partial charge in [-0.3, -0.25) is 4.79 Å². The minimum Gasteiger partial charge on any atom is -0.455 e. The number of aliphatic hydroxyl groups is 1. The van der Waals surface area contributed by atoms with E-state index in [1.807, 2.05) is 30.3 Å². The highest BCUT2D eigenvalue weighted by Gasteiger charge is 2.41. The topological polar surface area (TPSA) is 63.6 Å². The largest absolute Gasteiger partial charge is 0.455 e. The molecule has 0 heterocycles. The Kier molecular flexibility index (Phi) is 5.79. The molecule has 136 valence electrons. The number of Topliss-reactive ketones (excluding diaryl/α,β-unsaturated/α-hetero) is 1. The van der Waals surface area contributed by atoms with Gasteiger partial charge in [0.2, 0.25) is 5.60 Å². The van der Waals surface area contributed by atoms with Gasteiger partial charge >= 0.3 is 5.97 Å². The lowest BCUT2D eigenvalue weighted by molar-refractivity contribution is -0.164. The van der Waals surface area contributed by atoms with E-state index in [9.17, 15) is 14.7 Å². The Labute approximate surface area is 158 Å². The maximum atomic E-state index is 12.8. The second-order valence-electron chi connectivity index (χ2n) is 6.22. The molecule has 0 saturated carbocycles. The van der Waals surface area contributed by atoms with Crippen molar-refractivity contribution in [2.24, 2.45) is 0 Å². The molecule has 0 aliphatic rings. The SMILES string of the molecule is O=C(COC(=O)C(O)(c1ccccc1)c1ccccc1)Cc1ccccc1. The Morgan fingerprint density at radius 3 is 1.67 bits per heavy atom. The third kappa shape index (κ3) is 4.30. The van der Waals surface area contributed by atoms with Gasteiger partial charge < -0.3 is 9.84 Å². The second kappa shape index (κ2) is 8.43. The molecule has 0 aliphatic carbocycles. The summed E-state index contributed by atoms with van der Waals surface area (Å²) in [6, 6.07) is 26.4. The maximum Gasteiger partial charge on any atom is 0.348 e. The summed E-state index contributed by atoms with van der Waals surface area (Å²) in [5, 5.41) is 11.2. The Morgan fingerprint density at radius 2 is 1.19 bits per heavy atom. The molecule has 0 aromatic heterocycles. The monoisotopic (exact) mass is 360 g/mol. The molecule has 0 amide bonds. The fraction of sp³-hybridized carbons (Fsp3) is 0.130. The number of hydrogen-bond donors (Lipinski definition) is 1. The van der Waals surface area contributed by atoms with Crippen molar-refractivity contribution < 1.29 is 19.4 Å². The van der Waals surface area contributed by atoms with Gasteiger partial charge in [-0.25, -0.2) is 4.79 Å². The number of carbonyl (C=O) groups excluding carboxylic acids is 2. The van der Waals surface area contributed by atoms with Crippen LogP contribution in [-0.2, 0) is 26.3 Å². The molecule has 1 N–H and O–H groups in total. The van der Waals surface area contributed by atoms with Gasteiger partial charge in [-0.2, -0.15) is 0 Å². The maximum absolute atomic E-state index is 12.8. The first kappa shape index (κ1) is 18.5. The summed E-state index contributed by atoms with van der Waals surface area (Å²) in [5.74, 6) is -1.11. The summed E-state index contributed by atoms with van der Waals surface area (Å²) in [4.78, 5) is 25.0. The van der Waals surface area contributed by atoms with Crippen molar-refractivity contribution in [3.8, 4) is 0 Å². The highest BCUT2D eigenvalue weighted by Crippen LogP contribution is 2.31. The van der Waals surface area contributed by atoms with Crippen LogP contribution in [0, 0.1) is 0 Å². The van der Waals surface area contributed by atoms with Crippen LogP contribution in [0.15, 0.2) is 91.0 Å². The molecular formula is C23H20O4. The smallest absolute Gasteiger partial charge is 0.348 e. The first-order valence-corrected chi connectivity index (χ1v) is 8.67. The quantitative estimate of drug-likeness (QED) is 0.657. The van der Waals surface area contributed by atoms with Crippen molar-refractivity contribution >= 4 is 11.8 Å². The number of hydrogen-bond acceptors (Lipinski definition) is 4. The van der Waals surface area contributed by atoms with Crippen LogP contribution in [0.4, 0.5) is 0 Å². The molecule has 0 bridgehead atoms. The fourth-order valence-corrected chi connectivity index (χ4v) is 2.89. The van der Waals surface area contributed by atoms with E-state index in [0.717, 1.165) is 5.56 Å². The number of benzene rings is 3. The molecule has 27 heavy (non-hydrogen) atoms. The van der Waals surface area contributed by atoms with E-state index in [4.69, 9.17) is 4.74 Å². The number of carbonyl (C=O) groups is 2. The fourth-order valence-electron chi connectivity index (χ4n) is 2.89. The van der Waals surface area contributed by atoms with Crippen LogP contribution in [-0.4, -0.2) is 23.5 Å². The summed E-state index contributed by atoms with van der Waals surface area (Å²) >= 11 is 0. The molecule has 4 nitrogen and oxygen atoms in total. The van der Waals surface area contributed by atoms with Crippen molar-refractivity contribution in [1.82, 2.24) is 0 Å². The Morgan fingerprint density at radius 1 is 0.741 bits per heavy atom. The van der Waals surface area contributed by atoms with E-state index in [0.29, 0.717) is 11.1 Å². The van der Waals surface area contributed by atoms with Gasteiger partial charge in [0.25, 0.3) is 0 Å². The van der Waals surface area contributed by atoms with E-state index in [-0.39, 0.29) is 12.2 Å². The van der Waals surface area contributed by atoms with Gasteiger partial charge in [0, 0.05) is 6.42 Å². The highest BCUT2D eigenvalue weighted by molar-refractivity contribution is 5.89. The van der Waals surface area contributed by atoms with Crippen LogP contribution in [0.1, 0.15) is 16.7 Å². The predicted octanol–water partition coefficient (Wildman–Crippen LogP) is 3.28. The zero-order valence-corrected chi connectivity index (χ0v) is 14.7. The van der Waals surface area contributed by atoms with Gasteiger partial charge in [-0.1, -0.05) is 91.0 Å². The molecule has 3 aromatic carbocycles. The van der Waals surface area contributed by atoms with E-state index in [1.54, 1.807) is 60.7 Å². The standard InChI is InChI=1S/C23H20O4/c24-21(16-18-10-4-1-5-11-18)17-27-22(25)23(26,19-12-6-2-7-13-19)20-14-8-3-9-15-20/h1-15,26H,16-17H2. The lowest BCUT2D eigenvalue weighted by Crippen LogP contribution is -2.39. The normalized spacial score (nSPS) is 11.0. The molecule has 0 fully saturated rings. The minimum atomic E-state index is -1.98. The van der Waals surface area contributed by atoms with Crippen molar-refractivity contribution in [1.29, 1.82) is 0 Å². The molecule has 0 unspecified atom stereocenters. The van der Waals surface area contributed by atoms with E-state index in [2.05, 4.69) is 0 Å². The minimum absolute atomic E-state index is 0.170.